The number of halogens is 1. The summed E-state index contributed by atoms with van der Waals surface area (Å²) in [6.45, 7) is 4.99. The number of hydrogen-bond acceptors (Lipinski definition) is 4. The smallest absolute Gasteiger partial charge is 0.267 e. The highest BCUT2D eigenvalue weighted by atomic mass is 79.9. The maximum Gasteiger partial charge on any atom is 0.267 e. The average molecular weight is 346 g/mol. The van der Waals surface area contributed by atoms with Crippen LogP contribution in [0.2, 0.25) is 0 Å². The number of amides is 1. The van der Waals surface area contributed by atoms with E-state index in [1.165, 1.54) is 11.5 Å². The van der Waals surface area contributed by atoms with Crippen molar-refractivity contribution < 1.29 is 4.79 Å². The molecule has 1 saturated heterocycles. The normalized spacial score (nSPS) is 19.4. The molecule has 1 aromatic rings. The molecule has 0 aliphatic carbocycles. The van der Waals surface area contributed by atoms with E-state index >= 15 is 0 Å². The first-order valence-electron chi connectivity index (χ1n) is 6.84. The lowest BCUT2D eigenvalue weighted by Gasteiger charge is -2.24. The quantitative estimate of drug-likeness (QED) is 0.768. The van der Waals surface area contributed by atoms with Crippen molar-refractivity contribution in [3.63, 3.8) is 0 Å². The van der Waals surface area contributed by atoms with Crippen LogP contribution in [0, 0.1) is 0 Å². The lowest BCUT2D eigenvalue weighted by atomic mass is 10.1. The summed E-state index contributed by atoms with van der Waals surface area (Å²) in [5, 5.41) is 5.11. The van der Waals surface area contributed by atoms with E-state index in [9.17, 15) is 4.79 Å². The molecule has 6 heteroatoms. The molecule has 1 amide bonds. The summed E-state index contributed by atoms with van der Waals surface area (Å²) in [4.78, 5) is 15.4. The van der Waals surface area contributed by atoms with E-state index < -0.39 is 0 Å². The summed E-state index contributed by atoms with van der Waals surface area (Å²) in [7, 11) is 0. The largest absolute Gasteiger partial charge is 0.335 e. The number of rotatable bonds is 5. The molecular weight excluding hydrogens is 326 g/mol. The number of carbonyl (C=O) groups excluding carboxylic acids is 1. The lowest BCUT2D eigenvalue weighted by molar-refractivity contribution is 0.0733. The van der Waals surface area contributed by atoms with Crippen molar-refractivity contribution in [3.05, 3.63) is 10.6 Å². The van der Waals surface area contributed by atoms with Gasteiger partial charge in [-0.25, -0.2) is 0 Å². The zero-order valence-electron chi connectivity index (χ0n) is 11.4. The van der Waals surface area contributed by atoms with Crippen LogP contribution < -0.4 is 0 Å². The molecule has 1 aliphatic rings. The van der Waals surface area contributed by atoms with E-state index in [0.29, 0.717) is 6.04 Å². The van der Waals surface area contributed by atoms with Crippen molar-refractivity contribution in [1.82, 2.24) is 14.5 Å². The lowest BCUT2D eigenvalue weighted by Crippen LogP contribution is -2.35. The van der Waals surface area contributed by atoms with E-state index in [1.54, 1.807) is 0 Å². The minimum absolute atomic E-state index is 0.135. The molecule has 1 unspecified atom stereocenters. The van der Waals surface area contributed by atoms with Gasteiger partial charge in [0.15, 0.2) is 0 Å². The van der Waals surface area contributed by atoms with E-state index in [4.69, 9.17) is 0 Å². The fraction of sp³-hybridized carbons (Fsp3) is 0.769. The van der Waals surface area contributed by atoms with Crippen LogP contribution in [-0.2, 0) is 0 Å². The van der Waals surface area contributed by atoms with Crippen LogP contribution >= 0.6 is 27.5 Å². The highest BCUT2D eigenvalue weighted by Gasteiger charge is 2.31. The second-order valence-corrected chi connectivity index (χ2v) is 6.81. The molecule has 0 bridgehead atoms. The molecule has 2 rings (SSSR count). The van der Waals surface area contributed by atoms with E-state index in [1.807, 2.05) is 4.90 Å². The van der Waals surface area contributed by atoms with Crippen molar-refractivity contribution in [1.29, 1.82) is 0 Å². The van der Waals surface area contributed by atoms with Crippen LogP contribution in [-0.4, -0.2) is 38.3 Å². The maximum absolute atomic E-state index is 12.7. The Morgan fingerprint density at radius 2 is 2.37 bits per heavy atom. The van der Waals surface area contributed by atoms with Crippen molar-refractivity contribution in [3.8, 4) is 0 Å². The van der Waals surface area contributed by atoms with E-state index in [2.05, 4.69) is 39.4 Å². The van der Waals surface area contributed by atoms with Crippen LogP contribution in [0.3, 0.4) is 0 Å². The molecule has 106 valence electrons. The highest BCUT2D eigenvalue weighted by Crippen LogP contribution is 2.27. The Labute approximate surface area is 126 Å². The number of carbonyl (C=O) groups is 1. The zero-order valence-corrected chi connectivity index (χ0v) is 13.8. The van der Waals surface area contributed by atoms with Gasteiger partial charge in [0.25, 0.3) is 5.91 Å². The Morgan fingerprint density at radius 1 is 1.58 bits per heavy atom. The van der Waals surface area contributed by atoms with Gasteiger partial charge in [-0.1, -0.05) is 34.3 Å². The first-order chi connectivity index (χ1) is 9.15. The first kappa shape index (κ1) is 14.9. The molecule has 0 saturated carbocycles. The third kappa shape index (κ3) is 3.34. The fourth-order valence-corrected chi connectivity index (χ4v) is 3.67. The van der Waals surface area contributed by atoms with Crippen LogP contribution in [0.1, 0.15) is 60.8 Å². The zero-order chi connectivity index (χ0) is 13.8. The molecule has 0 spiro atoms. The van der Waals surface area contributed by atoms with Gasteiger partial charge in [0.2, 0.25) is 0 Å². The fourth-order valence-electron chi connectivity index (χ4n) is 2.57. The molecule has 2 heterocycles. The van der Waals surface area contributed by atoms with Crippen LogP contribution in [0.15, 0.2) is 0 Å². The Bertz CT molecular complexity index is 435. The van der Waals surface area contributed by atoms with Gasteiger partial charge < -0.3 is 4.90 Å². The van der Waals surface area contributed by atoms with E-state index in [0.717, 1.165) is 48.1 Å². The Balaban J connectivity index is 2.11. The minimum atomic E-state index is 0.135. The second kappa shape index (κ2) is 6.79. The molecular formula is C13H20BrN3OS. The standard InChI is InChI=1S/C13H20BrN3OS/c1-9(2)11-12(19-16-15-11)13(18)17-8-4-6-10(17)5-3-7-14/h9-10H,3-8H2,1-2H3. The molecule has 1 aliphatic heterocycles. The third-order valence-corrected chi connectivity index (χ3v) is 4.85. The van der Waals surface area contributed by atoms with Crippen molar-refractivity contribution >= 4 is 33.4 Å². The second-order valence-electron chi connectivity index (χ2n) is 5.27. The molecule has 0 radical (unpaired) electrons. The highest BCUT2D eigenvalue weighted by molar-refractivity contribution is 9.09. The molecule has 1 aromatic heterocycles. The van der Waals surface area contributed by atoms with Gasteiger partial charge in [0.1, 0.15) is 4.88 Å². The number of nitrogens with zero attached hydrogens (tertiary/aromatic N) is 3. The van der Waals surface area contributed by atoms with Gasteiger partial charge in [-0.05, 0) is 43.1 Å². The van der Waals surface area contributed by atoms with Crippen molar-refractivity contribution in [2.75, 3.05) is 11.9 Å². The first-order valence-corrected chi connectivity index (χ1v) is 8.73. The Morgan fingerprint density at radius 3 is 3.05 bits per heavy atom. The van der Waals surface area contributed by atoms with Gasteiger partial charge in [-0.15, -0.1) is 5.10 Å². The maximum atomic E-state index is 12.7. The molecule has 0 aromatic carbocycles. The van der Waals surface area contributed by atoms with Crippen LogP contribution in [0.4, 0.5) is 0 Å². The molecule has 4 nitrogen and oxygen atoms in total. The number of alkyl halides is 1. The van der Waals surface area contributed by atoms with Gasteiger partial charge in [-0.2, -0.15) is 0 Å². The van der Waals surface area contributed by atoms with Crippen molar-refractivity contribution in [2.24, 2.45) is 0 Å². The third-order valence-electron chi connectivity index (χ3n) is 3.56. The summed E-state index contributed by atoms with van der Waals surface area (Å²) in [5.74, 6) is 0.386. The Kier molecular flexibility index (Phi) is 5.33. The molecule has 19 heavy (non-hydrogen) atoms. The van der Waals surface area contributed by atoms with Crippen molar-refractivity contribution in [2.45, 2.75) is 51.5 Å². The molecule has 0 N–H and O–H groups in total. The number of likely N-dealkylation sites (tertiary alicyclic amines) is 1. The Hall–Kier alpha value is -0.490. The predicted octanol–water partition coefficient (Wildman–Crippen LogP) is 3.44. The summed E-state index contributed by atoms with van der Waals surface area (Å²) < 4.78 is 3.96. The monoisotopic (exact) mass is 345 g/mol. The predicted molar refractivity (Wildman–Crippen MR) is 81.1 cm³/mol. The average Bonchev–Trinajstić information content (AvgIpc) is 3.04. The molecule has 1 fully saturated rings. The SMILES string of the molecule is CC(C)c1nnsc1C(=O)N1CCCC1CCCBr. The minimum Gasteiger partial charge on any atom is -0.335 e. The number of hydrogen-bond donors (Lipinski definition) is 0. The number of aromatic nitrogens is 2. The molecule has 1 atom stereocenters. The summed E-state index contributed by atoms with van der Waals surface area (Å²) in [5.41, 5.74) is 0.848. The summed E-state index contributed by atoms with van der Waals surface area (Å²) in [6, 6.07) is 0.396. The van der Waals surface area contributed by atoms with Gasteiger partial charge >= 0.3 is 0 Å². The van der Waals surface area contributed by atoms with Crippen LogP contribution in [0.5, 0.6) is 0 Å². The van der Waals surface area contributed by atoms with Gasteiger partial charge in [0, 0.05) is 17.9 Å². The van der Waals surface area contributed by atoms with E-state index in [-0.39, 0.29) is 11.8 Å². The summed E-state index contributed by atoms with van der Waals surface area (Å²) >= 11 is 4.70. The van der Waals surface area contributed by atoms with Crippen LogP contribution in [0.25, 0.3) is 0 Å². The summed E-state index contributed by atoms with van der Waals surface area (Å²) in [6.07, 6.45) is 4.44. The van der Waals surface area contributed by atoms with Gasteiger partial charge in [0.05, 0.1) is 5.69 Å². The topological polar surface area (TPSA) is 46.1 Å². The van der Waals surface area contributed by atoms with Gasteiger partial charge in [-0.3, -0.25) is 4.79 Å².